The SMILES string of the molecule is Cc1ccc(C(=O)N(C)Cc2ncn[nH]2)cc1. The highest BCUT2D eigenvalue weighted by Crippen LogP contribution is 2.07. The first kappa shape index (κ1) is 11.3. The van der Waals surface area contributed by atoms with E-state index < -0.39 is 0 Å². The Morgan fingerprint density at radius 1 is 1.35 bits per heavy atom. The van der Waals surface area contributed by atoms with E-state index in [4.69, 9.17) is 0 Å². The summed E-state index contributed by atoms with van der Waals surface area (Å²) in [6, 6.07) is 7.51. The normalized spacial score (nSPS) is 10.2. The smallest absolute Gasteiger partial charge is 0.254 e. The first-order valence-electron chi connectivity index (χ1n) is 5.33. The molecular weight excluding hydrogens is 216 g/mol. The molecule has 0 aliphatic heterocycles. The molecule has 0 atom stereocenters. The van der Waals surface area contributed by atoms with E-state index in [1.54, 1.807) is 11.9 Å². The van der Waals surface area contributed by atoms with Crippen LogP contribution >= 0.6 is 0 Å². The number of carbonyl (C=O) groups excluding carboxylic acids is 1. The second kappa shape index (κ2) is 4.78. The van der Waals surface area contributed by atoms with Gasteiger partial charge in [-0.2, -0.15) is 5.10 Å². The summed E-state index contributed by atoms with van der Waals surface area (Å²) < 4.78 is 0. The van der Waals surface area contributed by atoms with Gasteiger partial charge in [-0.15, -0.1) is 0 Å². The highest BCUT2D eigenvalue weighted by molar-refractivity contribution is 5.93. The lowest BCUT2D eigenvalue weighted by molar-refractivity contribution is 0.0781. The molecule has 2 rings (SSSR count). The molecule has 2 aromatic rings. The van der Waals surface area contributed by atoms with Crippen LogP contribution in [-0.4, -0.2) is 33.0 Å². The fourth-order valence-electron chi connectivity index (χ4n) is 1.52. The average molecular weight is 230 g/mol. The maximum atomic E-state index is 12.0. The summed E-state index contributed by atoms with van der Waals surface area (Å²) in [7, 11) is 1.74. The molecule has 5 nitrogen and oxygen atoms in total. The lowest BCUT2D eigenvalue weighted by Crippen LogP contribution is -2.26. The van der Waals surface area contributed by atoms with Gasteiger partial charge in [0, 0.05) is 12.6 Å². The number of aromatic amines is 1. The van der Waals surface area contributed by atoms with Gasteiger partial charge in [-0.25, -0.2) is 4.98 Å². The van der Waals surface area contributed by atoms with Crippen molar-refractivity contribution in [2.45, 2.75) is 13.5 Å². The van der Waals surface area contributed by atoms with E-state index >= 15 is 0 Å². The number of benzene rings is 1. The standard InChI is InChI=1S/C12H14N4O/c1-9-3-5-10(6-4-9)12(17)16(2)7-11-13-8-14-15-11/h3-6,8H,7H2,1-2H3,(H,13,14,15). The topological polar surface area (TPSA) is 61.9 Å². The van der Waals surface area contributed by atoms with Crippen LogP contribution in [0, 0.1) is 6.92 Å². The molecule has 0 aliphatic carbocycles. The lowest BCUT2D eigenvalue weighted by Gasteiger charge is -2.15. The van der Waals surface area contributed by atoms with Crippen LogP contribution in [0.25, 0.3) is 0 Å². The first-order valence-corrected chi connectivity index (χ1v) is 5.33. The van der Waals surface area contributed by atoms with Gasteiger partial charge in [0.2, 0.25) is 0 Å². The van der Waals surface area contributed by atoms with Crippen molar-refractivity contribution in [2.75, 3.05) is 7.05 Å². The molecule has 0 saturated carbocycles. The Kier molecular flexibility index (Phi) is 3.18. The molecule has 0 unspecified atom stereocenters. The summed E-state index contributed by atoms with van der Waals surface area (Å²) in [5.41, 5.74) is 1.82. The van der Waals surface area contributed by atoms with Crippen LogP contribution in [0.3, 0.4) is 0 Å². The molecule has 1 amide bonds. The Morgan fingerprint density at radius 3 is 2.65 bits per heavy atom. The number of H-pyrrole nitrogens is 1. The average Bonchev–Trinajstić information content (AvgIpc) is 2.82. The monoisotopic (exact) mass is 230 g/mol. The molecule has 88 valence electrons. The number of carbonyl (C=O) groups is 1. The van der Waals surface area contributed by atoms with E-state index in [2.05, 4.69) is 15.2 Å². The second-order valence-electron chi connectivity index (χ2n) is 3.96. The summed E-state index contributed by atoms with van der Waals surface area (Å²) in [5, 5.41) is 6.47. The van der Waals surface area contributed by atoms with Gasteiger partial charge in [0.15, 0.2) is 0 Å². The minimum Gasteiger partial charge on any atom is -0.334 e. The van der Waals surface area contributed by atoms with Crippen LogP contribution in [-0.2, 0) is 6.54 Å². The van der Waals surface area contributed by atoms with E-state index in [0.29, 0.717) is 17.9 Å². The maximum Gasteiger partial charge on any atom is 0.254 e. The number of aryl methyl sites for hydroxylation is 1. The van der Waals surface area contributed by atoms with Crippen molar-refractivity contribution in [3.05, 3.63) is 47.5 Å². The predicted octanol–water partition coefficient (Wildman–Crippen LogP) is 1.39. The van der Waals surface area contributed by atoms with Crippen LogP contribution in [0.5, 0.6) is 0 Å². The molecule has 1 aromatic heterocycles. The molecule has 17 heavy (non-hydrogen) atoms. The van der Waals surface area contributed by atoms with Crippen molar-refractivity contribution >= 4 is 5.91 Å². The van der Waals surface area contributed by atoms with Crippen LogP contribution in [0.15, 0.2) is 30.6 Å². The molecule has 1 N–H and O–H groups in total. The Bertz CT molecular complexity index is 490. The number of nitrogens with zero attached hydrogens (tertiary/aromatic N) is 3. The summed E-state index contributed by atoms with van der Waals surface area (Å²) >= 11 is 0. The van der Waals surface area contributed by atoms with Gasteiger partial charge < -0.3 is 4.90 Å². The van der Waals surface area contributed by atoms with Gasteiger partial charge in [-0.1, -0.05) is 17.7 Å². The molecule has 0 spiro atoms. The first-order chi connectivity index (χ1) is 8.16. The summed E-state index contributed by atoms with van der Waals surface area (Å²) in [5.74, 6) is 0.648. The third kappa shape index (κ3) is 2.69. The minimum atomic E-state index is -0.0265. The Morgan fingerprint density at radius 2 is 2.06 bits per heavy atom. The van der Waals surface area contributed by atoms with Crippen molar-refractivity contribution in [3.63, 3.8) is 0 Å². The number of amides is 1. The van der Waals surface area contributed by atoms with Gasteiger partial charge >= 0.3 is 0 Å². The summed E-state index contributed by atoms with van der Waals surface area (Å²) in [4.78, 5) is 17.6. The highest BCUT2D eigenvalue weighted by Gasteiger charge is 2.12. The molecule has 0 radical (unpaired) electrons. The molecule has 0 fully saturated rings. The van der Waals surface area contributed by atoms with Crippen LogP contribution in [0.4, 0.5) is 0 Å². The highest BCUT2D eigenvalue weighted by atomic mass is 16.2. The Balaban J connectivity index is 2.07. The van der Waals surface area contributed by atoms with Crippen molar-refractivity contribution in [1.29, 1.82) is 0 Å². The molecule has 0 saturated heterocycles. The predicted molar refractivity (Wildman–Crippen MR) is 63.4 cm³/mol. The number of rotatable bonds is 3. The molecule has 0 bridgehead atoms. The maximum absolute atomic E-state index is 12.0. The van der Waals surface area contributed by atoms with E-state index in [0.717, 1.165) is 5.56 Å². The Hall–Kier alpha value is -2.17. The summed E-state index contributed by atoms with van der Waals surface area (Å²) in [6.45, 7) is 2.42. The van der Waals surface area contributed by atoms with Crippen molar-refractivity contribution in [3.8, 4) is 0 Å². The zero-order valence-corrected chi connectivity index (χ0v) is 9.84. The molecular formula is C12H14N4O. The quantitative estimate of drug-likeness (QED) is 0.866. The third-order valence-electron chi connectivity index (χ3n) is 2.50. The van der Waals surface area contributed by atoms with E-state index in [-0.39, 0.29) is 5.91 Å². The zero-order chi connectivity index (χ0) is 12.3. The van der Waals surface area contributed by atoms with Crippen molar-refractivity contribution in [1.82, 2.24) is 20.1 Å². The molecule has 0 aliphatic rings. The van der Waals surface area contributed by atoms with Gasteiger partial charge in [0.05, 0.1) is 6.54 Å². The van der Waals surface area contributed by atoms with Crippen LogP contribution in [0.1, 0.15) is 21.7 Å². The van der Waals surface area contributed by atoms with Gasteiger partial charge in [-0.3, -0.25) is 9.89 Å². The number of hydrogen-bond acceptors (Lipinski definition) is 3. The lowest BCUT2D eigenvalue weighted by atomic mass is 10.1. The molecule has 1 heterocycles. The van der Waals surface area contributed by atoms with E-state index in [1.165, 1.54) is 6.33 Å². The minimum absolute atomic E-state index is 0.0265. The van der Waals surface area contributed by atoms with Gasteiger partial charge in [0.1, 0.15) is 12.2 Å². The van der Waals surface area contributed by atoms with E-state index in [1.807, 2.05) is 31.2 Å². The Labute approximate surface area is 99.5 Å². The van der Waals surface area contributed by atoms with Gasteiger partial charge in [0.25, 0.3) is 5.91 Å². The zero-order valence-electron chi connectivity index (χ0n) is 9.84. The van der Waals surface area contributed by atoms with E-state index in [9.17, 15) is 4.79 Å². The fourth-order valence-corrected chi connectivity index (χ4v) is 1.52. The largest absolute Gasteiger partial charge is 0.334 e. The van der Waals surface area contributed by atoms with Crippen LogP contribution < -0.4 is 0 Å². The second-order valence-corrected chi connectivity index (χ2v) is 3.96. The molecule has 5 heteroatoms. The number of aromatic nitrogens is 3. The van der Waals surface area contributed by atoms with Gasteiger partial charge in [-0.05, 0) is 19.1 Å². The third-order valence-corrected chi connectivity index (χ3v) is 2.50. The molecule has 1 aromatic carbocycles. The number of hydrogen-bond donors (Lipinski definition) is 1. The number of nitrogens with one attached hydrogen (secondary N) is 1. The van der Waals surface area contributed by atoms with Crippen molar-refractivity contribution < 1.29 is 4.79 Å². The fraction of sp³-hybridized carbons (Fsp3) is 0.250. The summed E-state index contributed by atoms with van der Waals surface area (Å²) in [6.07, 6.45) is 1.43. The van der Waals surface area contributed by atoms with Crippen LogP contribution in [0.2, 0.25) is 0 Å². The van der Waals surface area contributed by atoms with Crippen molar-refractivity contribution in [2.24, 2.45) is 0 Å².